The van der Waals surface area contributed by atoms with Crippen LogP contribution in [0.25, 0.3) is 5.65 Å². The predicted molar refractivity (Wildman–Crippen MR) is 97.0 cm³/mol. The summed E-state index contributed by atoms with van der Waals surface area (Å²) in [7, 11) is 2.00. The van der Waals surface area contributed by atoms with E-state index in [2.05, 4.69) is 16.9 Å². The summed E-state index contributed by atoms with van der Waals surface area (Å²) in [6.45, 7) is 3.25. The molecule has 0 fully saturated rings. The van der Waals surface area contributed by atoms with E-state index in [1.165, 1.54) is 4.68 Å². The van der Waals surface area contributed by atoms with Crippen LogP contribution in [0.15, 0.2) is 47.4 Å². The second-order valence-electron chi connectivity index (χ2n) is 5.76. The van der Waals surface area contributed by atoms with Crippen LogP contribution in [0.4, 0.5) is 0 Å². The van der Waals surface area contributed by atoms with Crippen molar-refractivity contribution in [2.45, 2.75) is 19.5 Å². The first-order valence-corrected chi connectivity index (χ1v) is 8.42. The third-order valence-corrected chi connectivity index (χ3v) is 4.79. The molecular formula is C17H18Cl2N4O. The Morgan fingerprint density at radius 3 is 2.75 bits per heavy atom. The van der Waals surface area contributed by atoms with E-state index in [0.717, 1.165) is 5.56 Å². The molecule has 24 heavy (non-hydrogen) atoms. The largest absolute Gasteiger partial charge is 0.350 e. The molecule has 0 radical (unpaired) electrons. The fraction of sp³-hybridized carbons (Fsp3) is 0.294. The second kappa shape index (κ2) is 6.97. The number of benzene rings is 1. The van der Waals surface area contributed by atoms with Crippen LogP contribution >= 0.6 is 23.2 Å². The fourth-order valence-corrected chi connectivity index (χ4v) is 3.20. The zero-order valence-electron chi connectivity index (χ0n) is 13.5. The highest BCUT2D eigenvalue weighted by Gasteiger charge is 2.16. The van der Waals surface area contributed by atoms with Crippen molar-refractivity contribution in [1.82, 2.24) is 19.1 Å². The summed E-state index contributed by atoms with van der Waals surface area (Å²) in [4.78, 5) is 14.4. The van der Waals surface area contributed by atoms with Gasteiger partial charge in [0.1, 0.15) is 0 Å². The van der Waals surface area contributed by atoms with Gasteiger partial charge in [0.2, 0.25) is 0 Å². The number of hydrogen-bond donors (Lipinski definition) is 0. The number of aromatic nitrogens is 3. The van der Waals surface area contributed by atoms with Gasteiger partial charge in [-0.3, -0.25) is 9.30 Å². The van der Waals surface area contributed by atoms with Crippen molar-refractivity contribution < 1.29 is 0 Å². The minimum atomic E-state index is -0.129. The summed E-state index contributed by atoms with van der Waals surface area (Å²) in [5, 5.41) is 5.61. The Bertz CT molecular complexity index is 918. The minimum Gasteiger partial charge on any atom is -0.298 e. The predicted octanol–water partition coefficient (Wildman–Crippen LogP) is 3.50. The van der Waals surface area contributed by atoms with Crippen LogP contribution < -0.4 is 5.69 Å². The molecule has 0 aliphatic carbocycles. The van der Waals surface area contributed by atoms with Crippen LogP contribution in [0.2, 0.25) is 10.0 Å². The van der Waals surface area contributed by atoms with Crippen LogP contribution in [0.5, 0.6) is 0 Å². The second-order valence-corrected chi connectivity index (χ2v) is 6.60. The normalized spacial score (nSPS) is 12.9. The smallest absolute Gasteiger partial charge is 0.298 e. The van der Waals surface area contributed by atoms with Crippen molar-refractivity contribution in [2.24, 2.45) is 0 Å². The summed E-state index contributed by atoms with van der Waals surface area (Å²) in [6, 6.07) is 11.1. The highest BCUT2D eigenvalue weighted by Crippen LogP contribution is 2.28. The molecule has 7 heteroatoms. The standard InChI is InChI=1S/C17H18Cl2N4O/c1-12(14-7-6-13(18)11-15(14)19)21(2)9-10-23-17(24)22-8-4-3-5-16(22)20-23/h3-8,11-12H,9-10H2,1-2H3/t12-/m0/s1. The van der Waals surface area contributed by atoms with Gasteiger partial charge in [-0.2, -0.15) is 0 Å². The van der Waals surface area contributed by atoms with Crippen molar-refractivity contribution in [2.75, 3.05) is 13.6 Å². The Labute approximate surface area is 150 Å². The van der Waals surface area contributed by atoms with E-state index in [0.29, 0.717) is 28.8 Å². The van der Waals surface area contributed by atoms with Crippen molar-refractivity contribution in [3.05, 3.63) is 68.7 Å². The van der Waals surface area contributed by atoms with E-state index in [1.54, 1.807) is 16.7 Å². The van der Waals surface area contributed by atoms with Crippen molar-refractivity contribution in [3.8, 4) is 0 Å². The van der Waals surface area contributed by atoms with Crippen LogP contribution in [0.3, 0.4) is 0 Å². The van der Waals surface area contributed by atoms with Gasteiger partial charge in [0.05, 0.1) is 6.54 Å². The van der Waals surface area contributed by atoms with Crippen molar-refractivity contribution in [3.63, 3.8) is 0 Å². The molecular weight excluding hydrogens is 347 g/mol. The zero-order valence-corrected chi connectivity index (χ0v) is 15.0. The minimum absolute atomic E-state index is 0.0995. The van der Waals surface area contributed by atoms with E-state index in [4.69, 9.17) is 23.2 Å². The Balaban J connectivity index is 1.73. The van der Waals surface area contributed by atoms with E-state index in [-0.39, 0.29) is 11.7 Å². The van der Waals surface area contributed by atoms with Crippen LogP contribution in [0.1, 0.15) is 18.5 Å². The summed E-state index contributed by atoms with van der Waals surface area (Å²) in [6.07, 6.45) is 1.72. The molecule has 0 aliphatic rings. The van der Waals surface area contributed by atoms with Gasteiger partial charge < -0.3 is 0 Å². The molecule has 0 aliphatic heterocycles. The SMILES string of the molecule is C[C@@H](c1ccc(Cl)cc1Cl)N(C)CCn1nc2ccccn2c1=O. The number of hydrogen-bond acceptors (Lipinski definition) is 3. The fourth-order valence-electron chi connectivity index (χ4n) is 2.64. The topological polar surface area (TPSA) is 42.5 Å². The van der Waals surface area contributed by atoms with Crippen LogP contribution in [-0.2, 0) is 6.54 Å². The van der Waals surface area contributed by atoms with Gasteiger partial charge in [0.15, 0.2) is 5.65 Å². The van der Waals surface area contributed by atoms with Gasteiger partial charge in [0, 0.05) is 28.8 Å². The molecule has 0 unspecified atom stereocenters. The zero-order chi connectivity index (χ0) is 17.3. The third kappa shape index (κ3) is 3.34. The van der Waals surface area contributed by atoms with Gasteiger partial charge in [-0.05, 0) is 43.8 Å². The molecule has 0 N–H and O–H groups in total. The van der Waals surface area contributed by atoms with Gasteiger partial charge in [-0.25, -0.2) is 9.48 Å². The Kier molecular flexibility index (Phi) is 4.94. The first kappa shape index (κ1) is 17.0. The summed E-state index contributed by atoms with van der Waals surface area (Å²) in [5.74, 6) is 0. The summed E-state index contributed by atoms with van der Waals surface area (Å²) >= 11 is 12.2. The first-order chi connectivity index (χ1) is 11.5. The maximum Gasteiger partial charge on any atom is 0.350 e. The Morgan fingerprint density at radius 1 is 1.25 bits per heavy atom. The van der Waals surface area contributed by atoms with Gasteiger partial charge in [-0.1, -0.05) is 35.3 Å². The molecule has 2 heterocycles. The molecule has 0 saturated carbocycles. The molecule has 126 valence electrons. The lowest BCUT2D eigenvalue weighted by Gasteiger charge is -2.25. The summed E-state index contributed by atoms with van der Waals surface area (Å²) < 4.78 is 3.03. The number of fused-ring (bicyclic) bond motifs is 1. The van der Waals surface area contributed by atoms with Gasteiger partial charge in [0.25, 0.3) is 0 Å². The lowest BCUT2D eigenvalue weighted by atomic mass is 10.1. The molecule has 0 amide bonds. The third-order valence-electron chi connectivity index (χ3n) is 4.23. The molecule has 0 bridgehead atoms. The number of likely N-dealkylation sites (N-methyl/N-ethyl adjacent to an activating group) is 1. The number of pyridine rings is 1. The first-order valence-electron chi connectivity index (χ1n) is 7.67. The average Bonchev–Trinajstić information content (AvgIpc) is 2.88. The molecule has 0 saturated heterocycles. The molecule has 5 nitrogen and oxygen atoms in total. The lowest BCUT2D eigenvalue weighted by Crippen LogP contribution is -2.30. The van der Waals surface area contributed by atoms with E-state index < -0.39 is 0 Å². The monoisotopic (exact) mass is 364 g/mol. The van der Waals surface area contributed by atoms with E-state index in [1.807, 2.05) is 37.4 Å². The van der Waals surface area contributed by atoms with Crippen molar-refractivity contribution in [1.29, 1.82) is 0 Å². The Hall–Kier alpha value is -1.82. The maximum absolute atomic E-state index is 12.3. The number of halogens is 2. The Morgan fingerprint density at radius 2 is 2.04 bits per heavy atom. The molecule has 1 atom stereocenters. The van der Waals surface area contributed by atoms with Gasteiger partial charge in [-0.15, -0.1) is 5.10 Å². The van der Waals surface area contributed by atoms with E-state index >= 15 is 0 Å². The summed E-state index contributed by atoms with van der Waals surface area (Å²) in [5.41, 5.74) is 1.53. The maximum atomic E-state index is 12.3. The van der Waals surface area contributed by atoms with E-state index in [9.17, 15) is 4.79 Å². The quantitative estimate of drug-likeness (QED) is 0.695. The molecule has 3 rings (SSSR count). The van der Waals surface area contributed by atoms with Crippen LogP contribution in [-0.4, -0.2) is 32.7 Å². The lowest BCUT2D eigenvalue weighted by molar-refractivity contribution is 0.246. The molecule has 1 aromatic carbocycles. The molecule has 3 aromatic rings. The number of rotatable bonds is 5. The highest BCUT2D eigenvalue weighted by molar-refractivity contribution is 6.35. The highest BCUT2D eigenvalue weighted by atomic mass is 35.5. The van der Waals surface area contributed by atoms with Crippen LogP contribution in [0, 0.1) is 0 Å². The molecule has 2 aromatic heterocycles. The van der Waals surface area contributed by atoms with Gasteiger partial charge >= 0.3 is 5.69 Å². The average molecular weight is 365 g/mol. The van der Waals surface area contributed by atoms with Crippen molar-refractivity contribution >= 4 is 28.8 Å². The number of nitrogens with zero attached hydrogens (tertiary/aromatic N) is 4. The molecule has 0 spiro atoms.